The van der Waals surface area contributed by atoms with Crippen molar-refractivity contribution in [2.24, 2.45) is 0 Å². The number of anilines is 1. The molecule has 0 bridgehead atoms. The molecule has 0 saturated carbocycles. The summed E-state index contributed by atoms with van der Waals surface area (Å²) in [6, 6.07) is 12.0. The van der Waals surface area contributed by atoms with E-state index in [0.717, 1.165) is 5.56 Å². The molecule has 1 unspecified atom stereocenters. The van der Waals surface area contributed by atoms with Gasteiger partial charge in [0.05, 0.1) is 5.57 Å². The molecular formula is C24H22FNO5. The lowest BCUT2D eigenvalue weighted by atomic mass is 9.90. The number of aliphatic carboxylic acids is 1. The van der Waals surface area contributed by atoms with E-state index in [1.54, 1.807) is 17.2 Å². The van der Waals surface area contributed by atoms with Gasteiger partial charge in [-0.25, -0.2) is 14.0 Å². The first-order chi connectivity index (χ1) is 14.8. The Morgan fingerprint density at radius 2 is 2.06 bits per heavy atom. The van der Waals surface area contributed by atoms with Gasteiger partial charge in [-0.15, -0.1) is 0 Å². The second kappa shape index (κ2) is 7.91. The fraction of sp³-hybridized carbons (Fsp3) is 0.250. The molecule has 2 aromatic rings. The lowest BCUT2D eigenvalue weighted by Gasteiger charge is -2.30. The molecule has 0 amide bonds. The molecule has 31 heavy (non-hydrogen) atoms. The van der Waals surface area contributed by atoms with Crippen molar-refractivity contribution in [3.63, 3.8) is 0 Å². The monoisotopic (exact) mass is 423 g/mol. The minimum Gasteiger partial charge on any atom is -0.486 e. The van der Waals surface area contributed by atoms with Crippen molar-refractivity contribution in [3.8, 4) is 5.75 Å². The molecule has 2 aliphatic rings. The molecule has 1 saturated heterocycles. The summed E-state index contributed by atoms with van der Waals surface area (Å²) >= 11 is 0. The Balaban J connectivity index is 1.64. The van der Waals surface area contributed by atoms with E-state index in [-0.39, 0.29) is 30.8 Å². The van der Waals surface area contributed by atoms with Crippen LogP contribution in [0.15, 0.2) is 66.4 Å². The average Bonchev–Trinajstić information content (AvgIpc) is 3.06. The van der Waals surface area contributed by atoms with Crippen molar-refractivity contribution in [2.75, 3.05) is 18.1 Å². The van der Waals surface area contributed by atoms with E-state index in [9.17, 15) is 19.1 Å². The molecule has 7 heteroatoms. The molecule has 2 aromatic carbocycles. The molecule has 2 aliphatic heterocycles. The van der Waals surface area contributed by atoms with Gasteiger partial charge in [-0.2, -0.15) is 0 Å². The van der Waals surface area contributed by atoms with Gasteiger partial charge in [0.15, 0.2) is 17.2 Å². The first-order valence-corrected chi connectivity index (χ1v) is 9.95. The first kappa shape index (κ1) is 20.7. The number of hydrogen-bond donors (Lipinski definition) is 1. The number of esters is 1. The second-order valence-corrected chi connectivity index (χ2v) is 7.65. The van der Waals surface area contributed by atoms with Crippen molar-refractivity contribution in [1.82, 2.24) is 0 Å². The number of hydrogen-bond acceptors (Lipinski definition) is 5. The second-order valence-electron chi connectivity index (χ2n) is 7.65. The van der Waals surface area contributed by atoms with Gasteiger partial charge in [-0.05, 0) is 24.1 Å². The van der Waals surface area contributed by atoms with E-state index in [1.165, 1.54) is 6.07 Å². The van der Waals surface area contributed by atoms with E-state index in [2.05, 4.69) is 6.58 Å². The zero-order valence-electron chi connectivity index (χ0n) is 17.1. The zero-order chi connectivity index (χ0) is 22.2. The molecule has 2 heterocycles. The Bertz CT molecular complexity index is 1080. The predicted octanol–water partition coefficient (Wildman–Crippen LogP) is 3.95. The number of nitrogens with zero attached hydrogens (tertiary/aromatic N) is 1. The van der Waals surface area contributed by atoms with Gasteiger partial charge >= 0.3 is 11.9 Å². The van der Waals surface area contributed by atoms with Crippen LogP contribution < -0.4 is 9.64 Å². The lowest BCUT2D eigenvalue weighted by molar-refractivity contribution is -0.150. The minimum atomic E-state index is -1.08. The van der Waals surface area contributed by atoms with Crippen molar-refractivity contribution in [2.45, 2.75) is 25.4 Å². The topological polar surface area (TPSA) is 76.1 Å². The van der Waals surface area contributed by atoms with Crippen molar-refractivity contribution in [1.29, 1.82) is 0 Å². The Hall–Kier alpha value is -3.61. The molecule has 1 atom stereocenters. The van der Waals surface area contributed by atoms with Crippen LogP contribution in [0.3, 0.4) is 0 Å². The molecule has 0 aliphatic carbocycles. The summed E-state index contributed by atoms with van der Waals surface area (Å²) in [7, 11) is 0. The highest BCUT2D eigenvalue weighted by Crippen LogP contribution is 2.41. The number of fused-ring (bicyclic) bond motifs is 1. The Kier molecular flexibility index (Phi) is 5.27. The van der Waals surface area contributed by atoms with Gasteiger partial charge in [0.2, 0.25) is 0 Å². The fourth-order valence-corrected chi connectivity index (χ4v) is 3.97. The first-order valence-electron chi connectivity index (χ1n) is 9.95. The van der Waals surface area contributed by atoms with E-state index in [1.807, 2.05) is 37.3 Å². The predicted molar refractivity (Wildman–Crippen MR) is 112 cm³/mol. The van der Waals surface area contributed by atoms with Crippen LogP contribution in [-0.4, -0.2) is 30.2 Å². The molecule has 160 valence electrons. The van der Waals surface area contributed by atoms with Gasteiger partial charge in [-0.1, -0.05) is 36.9 Å². The summed E-state index contributed by atoms with van der Waals surface area (Å²) in [5.74, 6) is -2.12. The van der Waals surface area contributed by atoms with Crippen LogP contribution in [0.4, 0.5) is 10.1 Å². The maximum atomic E-state index is 14.9. The smallest absolute Gasteiger partial charge is 0.334 e. The highest BCUT2D eigenvalue weighted by molar-refractivity contribution is 5.91. The zero-order valence-corrected chi connectivity index (χ0v) is 17.1. The fourth-order valence-electron chi connectivity index (χ4n) is 3.97. The molecule has 1 N–H and O–H groups in total. The SMILES string of the molecule is C=C1CC(COc2cc3c(cc2F)CC(C(=O)O)=CN3CC)(c2ccccc2)OC1=O. The van der Waals surface area contributed by atoms with E-state index < -0.39 is 23.4 Å². The Morgan fingerprint density at radius 1 is 1.32 bits per heavy atom. The quantitative estimate of drug-likeness (QED) is 0.560. The number of benzene rings is 2. The maximum Gasteiger partial charge on any atom is 0.334 e. The van der Waals surface area contributed by atoms with Crippen LogP contribution in [-0.2, 0) is 26.3 Å². The molecule has 0 aromatic heterocycles. The van der Waals surface area contributed by atoms with Crippen LogP contribution >= 0.6 is 0 Å². The van der Waals surface area contributed by atoms with E-state index in [4.69, 9.17) is 9.47 Å². The maximum absolute atomic E-state index is 14.9. The number of carbonyl (C=O) groups is 2. The number of carboxylic acids is 1. The Labute approximate surface area is 179 Å². The summed E-state index contributed by atoms with van der Waals surface area (Å²) in [5.41, 5.74) is 1.45. The van der Waals surface area contributed by atoms with Crippen molar-refractivity contribution >= 4 is 17.6 Å². The normalized spacial score (nSPS) is 20.2. The lowest BCUT2D eigenvalue weighted by Crippen LogP contribution is -2.33. The number of ether oxygens (including phenoxy) is 2. The van der Waals surface area contributed by atoms with Gasteiger partial charge in [0, 0.05) is 42.9 Å². The highest BCUT2D eigenvalue weighted by atomic mass is 19.1. The number of cyclic esters (lactones) is 1. The molecule has 0 radical (unpaired) electrons. The number of rotatable bonds is 6. The Morgan fingerprint density at radius 3 is 2.68 bits per heavy atom. The summed E-state index contributed by atoms with van der Waals surface area (Å²) in [6.45, 7) is 6.07. The summed E-state index contributed by atoms with van der Waals surface area (Å²) in [4.78, 5) is 25.2. The number of carboxylic acid groups (broad SMARTS) is 1. The summed E-state index contributed by atoms with van der Waals surface area (Å²) in [5, 5.41) is 9.32. The number of carbonyl (C=O) groups excluding carboxylic acids is 1. The van der Waals surface area contributed by atoms with Crippen LogP contribution in [0, 0.1) is 5.82 Å². The van der Waals surface area contributed by atoms with Crippen LogP contribution in [0.5, 0.6) is 5.75 Å². The summed E-state index contributed by atoms with van der Waals surface area (Å²) < 4.78 is 26.3. The number of halogens is 1. The third kappa shape index (κ3) is 3.79. The minimum absolute atomic E-state index is 0.00763. The molecule has 1 fully saturated rings. The van der Waals surface area contributed by atoms with Crippen LogP contribution in [0.25, 0.3) is 0 Å². The summed E-state index contributed by atoms with van der Waals surface area (Å²) in [6.07, 6.45) is 1.93. The van der Waals surface area contributed by atoms with E-state index >= 15 is 0 Å². The van der Waals surface area contributed by atoms with Crippen molar-refractivity contribution in [3.05, 3.63) is 83.3 Å². The molecule has 0 spiro atoms. The van der Waals surface area contributed by atoms with E-state index in [0.29, 0.717) is 23.4 Å². The van der Waals surface area contributed by atoms with Gasteiger partial charge < -0.3 is 19.5 Å². The van der Waals surface area contributed by atoms with Gasteiger partial charge in [0.25, 0.3) is 0 Å². The highest BCUT2D eigenvalue weighted by Gasteiger charge is 2.45. The van der Waals surface area contributed by atoms with Gasteiger partial charge in [-0.3, -0.25) is 0 Å². The average molecular weight is 423 g/mol. The van der Waals surface area contributed by atoms with Gasteiger partial charge in [0.1, 0.15) is 6.61 Å². The molecule has 6 nitrogen and oxygen atoms in total. The van der Waals surface area contributed by atoms with Crippen LogP contribution in [0.2, 0.25) is 0 Å². The molecular weight excluding hydrogens is 401 g/mol. The van der Waals surface area contributed by atoms with Crippen molar-refractivity contribution < 1.29 is 28.6 Å². The third-order valence-corrected chi connectivity index (χ3v) is 5.59. The largest absolute Gasteiger partial charge is 0.486 e. The van der Waals surface area contributed by atoms with Crippen LogP contribution in [0.1, 0.15) is 24.5 Å². The molecule has 4 rings (SSSR count). The third-order valence-electron chi connectivity index (χ3n) is 5.59. The standard InChI is InChI=1S/C24H22FNO5/c1-3-26-13-17(22(27)28)9-16-10-19(25)21(11-20(16)26)30-14-24(12-15(2)23(29)31-24)18-7-5-4-6-8-18/h4-8,10-11,13H,2-3,9,12,14H2,1H3,(H,27,28).